The highest BCUT2D eigenvalue weighted by Crippen LogP contribution is 2.29. The summed E-state index contributed by atoms with van der Waals surface area (Å²) in [5, 5.41) is 8.08. The zero-order valence-electron chi connectivity index (χ0n) is 16.0. The van der Waals surface area contributed by atoms with Gasteiger partial charge in [0.15, 0.2) is 5.65 Å². The van der Waals surface area contributed by atoms with Gasteiger partial charge in [-0.25, -0.2) is 17.2 Å². The van der Waals surface area contributed by atoms with Gasteiger partial charge in [-0.1, -0.05) is 37.3 Å². The molecule has 0 atom stereocenters. The number of pyridine rings is 1. The molecule has 0 unspecified atom stereocenters. The first kappa shape index (κ1) is 20.0. The fraction of sp³-hybridized carbons (Fsp3) is 0.143. The summed E-state index contributed by atoms with van der Waals surface area (Å²) >= 11 is 0. The molecule has 0 spiro atoms. The van der Waals surface area contributed by atoms with Gasteiger partial charge >= 0.3 is 0 Å². The van der Waals surface area contributed by atoms with E-state index in [-0.39, 0.29) is 22.8 Å². The van der Waals surface area contributed by atoms with Crippen molar-refractivity contribution in [2.75, 3.05) is 4.31 Å². The fourth-order valence-electron chi connectivity index (χ4n) is 3.25. The van der Waals surface area contributed by atoms with E-state index in [4.69, 9.17) is 0 Å². The minimum absolute atomic E-state index is 0.0993. The molecule has 0 saturated heterocycles. The maximum atomic E-state index is 13.9. The summed E-state index contributed by atoms with van der Waals surface area (Å²) in [6.07, 6.45) is 2.24. The van der Waals surface area contributed by atoms with Crippen molar-refractivity contribution in [3.8, 4) is 0 Å². The third-order valence-electron chi connectivity index (χ3n) is 4.66. The standard InChI is InChI=1S/C21H18F2N4O2S/c1-2-20-24-25-21-19(9-6-10-26(20)21)30(28,29)27(14-15-7-4-3-5-8-15)18-12-16(22)11-17(23)13-18/h3-13H,2,14H2,1H3. The number of halogens is 2. The topological polar surface area (TPSA) is 67.6 Å². The van der Waals surface area contributed by atoms with Gasteiger partial charge < -0.3 is 0 Å². The molecule has 0 saturated carbocycles. The van der Waals surface area contributed by atoms with Crippen LogP contribution < -0.4 is 4.31 Å². The van der Waals surface area contributed by atoms with Crippen LogP contribution in [0.5, 0.6) is 0 Å². The molecule has 0 aliphatic rings. The van der Waals surface area contributed by atoms with E-state index in [1.165, 1.54) is 6.07 Å². The summed E-state index contributed by atoms with van der Waals surface area (Å²) in [6.45, 7) is 1.77. The normalized spacial score (nSPS) is 11.7. The summed E-state index contributed by atoms with van der Waals surface area (Å²) in [4.78, 5) is -0.0993. The van der Waals surface area contributed by atoms with Crippen LogP contribution >= 0.6 is 0 Å². The highest BCUT2D eigenvalue weighted by molar-refractivity contribution is 7.93. The Kier molecular flexibility index (Phi) is 5.21. The molecule has 0 N–H and O–H groups in total. The Morgan fingerprint density at radius 1 is 0.967 bits per heavy atom. The van der Waals surface area contributed by atoms with Gasteiger partial charge in [-0.2, -0.15) is 0 Å². The molecular formula is C21H18F2N4O2S. The van der Waals surface area contributed by atoms with Crippen molar-refractivity contribution in [1.29, 1.82) is 0 Å². The molecule has 4 rings (SSSR count). The van der Waals surface area contributed by atoms with Gasteiger partial charge in [0.25, 0.3) is 10.0 Å². The number of benzene rings is 2. The van der Waals surface area contributed by atoms with Crippen LogP contribution in [0.4, 0.5) is 14.5 Å². The van der Waals surface area contributed by atoms with Crippen LogP contribution in [0.1, 0.15) is 18.3 Å². The SMILES string of the molecule is CCc1nnc2c(S(=O)(=O)N(Cc3ccccc3)c3cc(F)cc(F)c3)cccn12. The summed E-state index contributed by atoms with van der Waals surface area (Å²) in [7, 11) is -4.23. The number of aryl methyl sites for hydroxylation is 1. The first-order valence-electron chi connectivity index (χ1n) is 9.25. The minimum atomic E-state index is -4.23. The molecule has 0 bridgehead atoms. The Balaban J connectivity index is 1.90. The molecule has 154 valence electrons. The number of fused-ring (bicyclic) bond motifs is 1. The van der Waals surface area contributed by atoms with Crippen molar-refractivity contribution in [3.05, 3.63) is 89.9 Å². The van der Waals surface area contributed by atoms with Crippen molar-refractivity contribution in [2.24, 2.45) is 0 Å². The predicted molar refractivity (Wildman–Crippen MR) is 109 cm³/mol. The van der Waals surface area contributed by atoms with Crippen molar-refractivity contribution < 1.29 is 17.2 Å². The molecule has 0 radical (unpaired) electrons. The number of hydrogen-bond acceptors (Lipinski definition) is 4. The third-order valence-corrected chi connectivity index (χ3v) is 6.45. The lowest BCUT2D eigenvalue weighted by atomic mass is 10.2. The van der Waals surface area contributed by atoms with E-state index in [2.05, 4.69) is 10.2 Å². The average molecular weight is 428 g/mol. The summed E-state index contributed by atoms with van der Waals surface area (Å²) in [6, 6.07) is 14.5. The van der Waals surface area contributed by atoms with Gasteiger partial charge in [-0.15, -0.1) is 10.2 Å². The van der Waals surface area contributed by atoms with Crippen molar-refractivity contribution in [2.45, 2.75) is 24.8 Å². The van der Waals surface area contributed by atoms with Crippen LogP contribution in [-0.4, -0.2) is 23.0 Å². The molecule has 0 fully saturated rings. The Morgan fingerprint density at radius 3 is 2.33 bits per heavy atom. The van der Waals surface area contributed by atoms with Gasteiger partial charge in [0.1, 0.15) is 22.4 Å². The largest absolute Gasteiger partial charge is 0.285 e. The van der Waals surface area contributed by atoms with Crippen LogP contribution in [0.25, 0.3) is 5.65 Å². The van der Waals surface area contributed by atoms with Crippen LogP contribution in [0.15, 0.2) is 71.8 Å². The van der Waals surface area contributed by atoms with E-state index in [1.807, 2.05) is 6.92 Å². The van der Waals surface area contributed by atoms with E-state index >= 15 is 0 Å². The number of hydrogen-bond donors (Lipinski definition) is 0. The number of nitrogens with zero attached hydrogens (tertiary/aromatic N) is 4. The van der Waals surface area contributed by atoms with Gasteiger partial charge in [-0.05, 0) is 29.8 Å². The van der Waals surface area contributed by atoms with Crippen LogP contribution in [0, 0.1) is 11.6 Å². The lowest BCUT2D eigenvalue weighted by molar-refractivity contribution is 0.580. The zero-order valence-corrected chi connectivity index (χ0v) is 16.9. The molecular weight excluding hydrogens is 410 g/mol. The molecule has 0 aliphatic carbocycles. The van der Waals surface area contributed by atoms with Crippen molar-refractivity contribution in [1.82, 2.24) is 14.6 Å². The van der Waals surface area contributed by atoms with E-state index in [1.54, 1.807) is 47.0 Å². The Morgan fingerprint density at radius 2 is 1.67 bits per heavy atom. The molecule has 0 aliphatic heterocycles. The zero-order chi connectivity index (χ0) is 21.3. The molecule has 2 aromatic carbocycles. The highest BCUT2D eigenvalue weighted by Gasteiger charge is 2.29. The number of rotatable bonds is 6. The van der Waals surface area contributed by atoms with Gasteiger partial charge in [-0.3, -0.25) is 8.71 Å². The summed E-state index contributed by atoms with van der Waals surface area (Å²) in [5.41, 5.74) is 0.700. The fourth-order valence-corrected chi connectivity index (χ4v) is 4.81. The maximum absolute atomic E-state index is 13.9. The molecule has 2 aromatic heterocycles. The maximum Gasteiger partial charge on any atom is 0.268 e. The average Bonchev–Trinajstić information content (AvgIpc) is 3.15. The van der Waals surface area contributed by atoms with Gasteiger partial charge in [0.2, 0.25) is 0 Å². The monoisotopic (exact) mass is 428 g/mol. The smallest absolute Gasteiger partial charge is 0.268 e. The second-order valence-electron chi connectivity index (χ2n) is 6.66. The predicted octanol–water partition coefficient (Wildman–Crippen LogP) is 3.97. The molecule has 30 heavy (non-hydrogen) atoms. The summed E-state index contributed by atoms with van der Waals surface area (Å²) < 4.78 is 57.8. The minimum Gasteiger partial charge on any atom is -0.285 e. The lowest BCUT2D eigenvalue weighted by Gasteiger charge is -2.25. The molecule has 6 nitrogen and oxygen atoms in total. The highest BCUT2D eigenvalue weighted by atomic mass is 32.2. The molecule has 9 heteroatoms. The number of anilines is 1. The second kappa shape index (κ2) is 7.83. The third kappa shape index (κ3) is 3.63. The van der Waals surface area contributed by atoms with E-state index in [0.717, 1.165) is 16.4 Å². The Bertz CT molecular complexity index is 1290. The second-order valence-corrected chi connectivity index (χ2v) is 8.49. The van der Waals surface area contributed by atoms with Crippen molar-refractivity contribution in [3.63, 3.8) is 0 Å². The van der Waals surface area contributed by atoms with Crippen molar-refractivity contribution >= 4 is 21.4 Å². The summed E-state index contributed by atoms with van der Waals surface area (Å²) in [5.74, 6) is -1.13. The quantitative estimate of drug-likeness (QED) is 0.466. The van der Waals surface area contributed by atoms with E-state index in [0.29, 0.717) is 23.9 Å². The van der Waals surface area contributed by atoms with Crippen LogP contribution in [-0.2, 0) is 23.0 Å². The lowest BCUT2D eigenvalue weighted by Crippen LogP contribution is -2.31. The van der Waals surface area contributed by atoms with E-state index < -0.39 is 21.7 Å². The van der Waals surface area contributed by atoms with Crippen LogP contribution in [0.2, 0.25) is 0 Å². The Hall–Kier alpha value is -3.33. The first-order chi connectivity index (χ1) is 14.4. The number of aromatic nitrogens is 3. The van der Waals surface area contributed by atoms with Gasteiger partial charge in [0, 0.05) is 18.7 Å². The van der Waals surface area contributed by atoms with Gasteiger partial charge in [0.05, 0.1) is 12.2 Å². The van der Waals surface area contributed by atoms with Crippen LogP contribution in [0.3, 0.4) is 0 Å². The first-order valence-corrected chi connectivity index (χ1v) is 10.7. The molecule has 4 aromatic rings. The van der Waals surface area contributed by atoms with E-state index in [9.17, 15) is 17.2 Å². The molecule has 0 amide bonds. The Labute approximate surface area is 172 Å². The number of sulfonamides is 1. The molecule has 2 heterocycles.